The van der Waals surface area contributed by atoms with Gasteiger partial charge in [-0.2, -0.15) is 12.6 Å². The highest BCUT2D eigenvalue weighted by molar-refractivity contribution is 7.80. The Labute approximate surface area is 101 Å². The average molecular weight is 249 g/mol. The van der Waals surface area contributed by atoms with Crippen LogP contribution in [0.5, 0.6) is 0 Å². The van der Waals surface area contributed by atoms with Crippen molar-refractivity contribution < 1.29 is 19.1 Å². The normalized spacial score (nSPS) is 14.9. The molecule has 0 aliphatic carbocycles. The van der Waals surface area contributed by atoms with Crippen LogP contribution in [0.25, 0.3) is 0 Å². The van der Waals surface area contributed by atoms with Gasteiger partial charge in [0, 0.05) is 5.75 Å². The number of rotatable bonds is 3. The first-order chi connectivity index (χ1) is 7.14. The number of hydrogen-bond acceptors (Lipinski definition) is 5. The highest BCUT2D eigenvalue weighted by Gasteiger charge is 2.36. The summed E-state index contributed by atoms with van der Waals surface area (Å²) in [5, 5.41) is 2.44. The Morgan fingerprint density at radius 2 is 1.75 bits per heavy atom. The van der Waals surface area contributed by atoms with Gasteiger partial charge >= 0.3 is 12.1 Å². The van der Waals surface area contributed by atoms with Gasteiger partial charge in [0.25, 0.3) is 0 Å². The summed E-state index contributed by atoms with van der Waals surface area (Å²) in [6, 6.07) is 0. The van der Waals surface area contributed by atoms with E-state index in [2.05, 4.69) is 22.7 Å². The van der Waals surface area contributed by atoms with E-state index in [9.17, 15) is 9.59 Å². The van der Waals surface area contributed by atoms with E-state index in [-0.39, 0.29) is 5.75 Å². The number of thiol groups is 1. The van der Waals surface area contributed by atoms with Gasteiger partial charge in [-0.25, -0.2) is 9.59 Å². The number of esters is 1. The number of carbonyl (C=O) groups is 2. The summed E-state index contributed by atoms with van der Waals surface area (Å²) in [6.45, 7) is 6.74. The van der Waals surface area contributed by atoms with E-state index in [1.165, 1.54) is 14.0 Å². The van der Waals surface area contributed by atoms with E-state index in [1.54, 1.807) is 20.8 Å². The quantitative estimate of drug-likeness (QED) is 0.586. The minimum atomic E-state index is -1.18. The van der Waals surface area contributed by atoms with Crippen LogP contribution in [0.2, 0.25) is 0 Å². The first-order valence-corrected chi connectivity index (χ1v) is 5.48. The zero-order chi connectivity index (χ0) is 13.0. The molecular weight excluding hydrogens is 230 g/mol. The highest BCUT2D eigenvalue weighted by Crippen LogP contribution is 2.12. The molecule has 5 nitrogen and oxygen atoms in total. The van der Waals surface area contributed by atoms with E-state index in [4.69, 9.17) is 4.74 Å². The van der Waals surface area contributed by atoms with Crippen molar-refractivity contribution in [2.24, 2.45) is 0 Å². The number of methoxy groups -OCH3 is 1. The van der Waals surface area contributed by atoms with E-state index in [0.29, 0.717) is 0 Å². The number of nitrogens with one attached hydrogen (secondary N) is 1. The average Bonchev–Trinajstić information content (AvgIpc) is 2.13. The summed E-state index contributed by atoms with van der Waals surface area (Å²) >= 11 is 4.01. The lowest BCUT2D eigenvalue weighted by Gasteiger charge is -2.28. The summed E-state index contributed by atoms with van der Waals surface area (Å²) in [4.78, 5) is 22.9. The van der Waals surface area contributed by atoms with Gasteiger partial charge in [0.2, 0.25) is 0 Å². The van der Waals surface area contributed by atoms with Gasteiger partial charge in [-0.3, -0.25) is 0 Å². The Morgan fingerprint density at radius 1 is 1.25 bits per heavy atom. The molecule has 6 heteroatoms. The van der Waals surface area contributed by atoms with Crippen LogP contribution in [0.15, 0.2) is 0 Å². The molecule has 1 atom stereocenters. The molecule has 0 unspecified atom stereocenters. The molecule has 1 amide bonds. The number of amides is 1. The standard InChI is InChI=1S/C10H19NO4S/c1-9(2,3)15-8(13)11-10(4,6-16)7(12)14-5/h16H,6H2,1-5H3,(H,11,13)/t10-/m0/s1. The van der Waals surface area contributed by atoms with Crippen molar-refractivity contribution in [3.63, 3.8) is 0 Å². The van der Waals surface area contributed by atoms with Crippen molar-refractivity contribution in [3.8, 4) is 0 Å². The number of ether oxygens (including phenoxy) is 2. The monoisotopic (exact) mass is 249 g/mol. The highest BCUT2D eigenvalue weighted by atomic mass is 32.1. The van der Waals surface area contributed by atoms with Crippen molar-refractivity contribution in [1.82, 2.24) is 5.32 Å². The second kappa shape index (κ2) is 5.43. The van der Waals surface area contributed by atoms with Gasteiger partial charge in [0.15, 0.2) is 0 Å². The third-order valence-electron chi connectivity index (χ3n) is 1.73. The van der Waals surface area contributed by atoms with Crippen molar-refractivity contribution >= 4 is 24.7 Å². The van der Waals surface area contributed by atoms with Crippen LogP contribution in [0.3, 0.4) is 0 Å². The molecule has 0 aromatic carbocycles. The fourth-order valence-corrected chi connectivity index (χ4v) is 1.12. The molecule has 94 valence electrons. The summed E-state index contributed by atoms with van der Waals surface area (Å²) in [7, 11) is 1.25. The van der Waals surface area contributed by atoms with Crippen LogP contribution < -0.4 is 5.32 Å². The lowest BCUT2D eigenvalue weighted by molar-refractivity contribution is -0.146. The number of hydrogen-bond donors (Lipinski definition) is 2. The van der Waals surface area contributed by atoms with Gasteiger partial charge in [-0.15, -0.1) is 0 Å². The largest absolute Gasteiger partial charge is 0.467 e. The van der Waals surface area contributed by atoms with Crippen LogP contribution in [0, 0.1) is 0 Å². The zero-order valence-electron chi connectivity index (χ0n) is 10.3. The third kappa shape index (κ3) is 4.74. The predicted molar refractivity (Wildman–Crippen MR) is 63.6 cm³/mol. The molecule has 0 aliphatic rings. The van der Waals surface area contributed by atoms with Crippen LogP contribution >= 0.6 is 12.6 Å². The molecular formula is C10H19NO4S. The molecule has 0 spiro atoms. The van der Waals surface area contributed by atoms with Crippen molar-refractivity contribution in [2.45, 2.75) is 38.8 Å². The second-order valence-electron chi connectivity index (χ2n) is 4.61. The first kappa shape index (κ1) is 15.1. The van der Waals surface area contributed by atoms with Crippen molar-refractivity contribution in [1.29, 1.82) is 0 Å². The van der Waals surface area contributed by atoms with E-state index >= 15 is 0 Å². The molecule has 0 saturated heterocycles. The van der Waals surface area contributed by atoms with Gasteiger partial charge in [-0.05, 0) is 27.7 Å². The van der Waals surface area contributed by atoms with Crippen LogP contribution in [-0.2, 0) is 14.3 Å². The Morgan fingerprint density at radius 3 is 2.06 bits per heavy atom. The Bertz CT molecular complexity index is 274. The van der Waals surface area contributed by atoms with Gasteiger partial charge < -0.3 is 14.8 Å². The van der Waals surface area contributed by atoms with Gasteiger partial charge in [-0.1, -0.05) is 0 Å². The van der Waals surface area contributed by atoms with E-state index in [0.717, 1.165) is 0 Å². The van der Waals surface area contributed by atoms with Crippen molar-refractivity contribution in [2.75, 3.05) is 12.9 Å². The fourth-order valence-electron chi connectivity index (χ4n) is 0.909. The topological polar surface area (TPSA) is 64.6 Å². The van der Waals surface area contributed by atoms with Crippen LogP contribution in [0.1, 0.15) is 27.7 Å². The molecule has 0 bridgehead atoms. The molecule has 0 aromatic heterocycles. The maximum Gasteiger partial charge on any atom is 0.408 e. The molecule has 0 radical (unpaired) electrons. The molecule has 16 heavy (non-hydrogen) atoms. The lowest BCUT2D eigenvalue weighted by atomic mass is 10.1. The molecule has 1 N–H and O–H groups in total. The summed E-state index contributed by atoms with van der Waals surface area (Å²) in [5.41, 5.74) is -1.79. The summed E-state index contributed by atoms with van der Waals surface area (Å²) < 4.78 is 9.62. The third-order valence-corrected chi connectivity index (χ3v) is 2.36. The van der Waals surface area contributed by atoms with Crippen LogP contribution in [0.4, 0.5) is 4.79 Å². The maximum absolute atomic E-state index is 11.5. The Kier molecular flexibility index (Phi) is 5.12. The molecule has 0 aliphatic heterocycles. The molecule has 0 heterocycles. The molecule has 0 saturated carbocycles. The lowest BCUT2D eigenvalue weighted by Crippen LogP contribution is -2.55. The molecule has 0 rings (SSSR count). The summed E-state index contributed by atoms with van der Waals surface area (Å²) in [5.74, 6) is -0.438. The first-order valence-electron chi connectivity index (χ1n) is 4.85. The number of alkyl carbamates (subject to hydrolysis) is 1. The zero-order valence-corrected chi connectivity index (χ0v) is 11.2. The van der Waals surface area contributed by atoms with Gasteiger partial charge in [0.1, 0.15) is 11.1 Å². The van der Waals surface area contributed by atoms with Crippen molar-refractivity contribution in [3.05, 3.63) is 0 Å². The Hall–Kier alpha value is -0.910. The Balaban J connectivity index is 4.55. The van der Waals surface area contributed by atoms with E-state index < -0.39 is 23.2 Å². The SMILES string of the molecule is COC(=O)[C@](C)(CS)NC(=O)OC(C)(C)C. The smallest absolute Gasteiger partial charge is 0.408 e. The molecule has 0 fully saturated rings. The maximum atomic E-state index is 11.5. The fraction of sp³-hybridized carbons (Fsp3) is 0.800. The van der Waals surface area contributed by atoms with Gasteiger partial charge in [0.05, 0.1) is 7.11 Å². The summed E-state index contributed by atoms with van der Waals surface area (Å²) in [6.07, 6.45) is -0.672. The predicted octanol–water partition coefficient (Wildman–Crippen LogP) is 1.37. The minimum absolute atomic E-state index is 0.124. The van der Waals surface area contributed by atoms with E-state index in [1.807, 2.05) is 0 Å². The molecule has 0 aromatic rings. The number of carbonyl (C=O) groups excluding carboxylic acids is 2. The second-order valence-corrected chi connectivity index (χ2v) is 4.92. The minimum Gasteiger partial charge on any atom is -0.467 e. The van der Waals surface area contributed by atoms with Crippen LogP contribution in [-0.4, -0.2) is 36.1 Å².